The van der Waals surface area contributed by atoms with Crippen LogP contribution in [-0.2, 0) is 4.74 Å². The molecule has 1 radical (unpaired) electrons. The molecule has 1 aromatic heterocycles. The van der Waals surface area contributed by atoms with E-state index >= 15 is 0 Å². The summed E-state index contributed by atoms with van der Waals surface area (Å²) >= 11 is 0. The summed E-state index contributed by atoms with van der Waals surface area (Å²) < 4.78 is 5.35. The average molecular weight is 260 g/mol. The van der Waals surface area contributed by atoms with Crippen LogP contribution in [0.3, 0.4) is 0 Å². The predicted octanol–water partition coefficient (Wildman–Crippen LogP) is 0.913. The van der Waals surface area contributed by atoms with Gasteiger partial charge in [-0.3, -0.25) is 5.01 Å². The molecule has 19 heavy (non-hydrogen) atoms. The van der Waals surface area contributed by atoms with Gasteiger partial charge in [0.15, 0.2) is 5.82 Å². The molecule has 0 bridgehead atoms. The number of ether oxygens (including phenoxy) is 1. The summed E-state index contributed by atoms with van der Waals surface area (Å²) in [5.74, 6) is 1.96. The van der Waals surface area contributed by atoms with E-state index in [1.54, 1.807) is 6.07 Å². The molecule has 3 rings (SSSR count). The summed E-state index contributed by atoms with van der Waals surface area (Å²) in [5.41, 5.74) is 0. The van der Waals surface area contributed by atoms with Crippen LogP contribution in [0, 0.1) is 6.20 Å². The molecule has 0 N–H and O–H groups in total. The van der Waals surface area contributed by atoms with Crippen molar-refractivity contribution in [2.45, 2.75) is 19.3 Å². The summed E-state index contributed by atoms with van der Waals surface area (Å²) in [6, 6.07) is 3.73. The molecule has 101 valence electrons. The summed E-state index contributed by atoms with van der Waals surface area (Å²) in [7, 11) is 0. The Morgan fingerprint density at radius 1 is 1.21 bits per heavy atom. The lowest BCUT2D eigenvalue weighted by molar-refractivity contribution is 0.0391. The van der Waals surface area contributed by atoms with Crippen molar-refractivity contribution in [1.29, 1.82) is 0 Å². The van der Waals surface area contributed by atoms with Crippen molar-refractivity contribution in [3.63, 3.8) is 0 Å². The number of aromatic nitrogens is 2. The number of piperidine rings is 1. The van der Waals surface area contributed by atoms with Gasteiger partial charge in [-0.1, -0.05) is 0 Å². The molecule has 0 saturated carbocycles. The highest BCUT2D eigenvalue weighted by atomic mass is 16.5. The van der Waals surface area contributed by atoms with Gasteiger partial charge in [0.25, 0.3) is 0 Å². The maximum atomic E-state index is 5.35. The Bertz CT molecular complexity index is 430. The van der Waals surface area contributed by atoms with Crippen LogP contribution < -0.4 is 4.90 Å². The number of rotatable bonds is 2. The van der Waals surface area contributed by atoms with Gasteiger partial charge in [0.1, 0.15) is 12.0 Å². The normalized spacial score (nSPS) is 22.8. The van der Waals surface area contributed by atoms with Crippen molar-refractivity contribution in [3.8, 4) is 0 Å². The fourth-order valence-electron chi connectivity index (χ4n) is 2.39. The van der Waals surface area contributed by atoms with Crippen molar-refractivity contribution >= 4 is 11.7 Å². The molecule has 0 aliphatic carbocycles. The van der Waals surface area contributed by atoms with Gasteiger partial charge in [-0.15, -0.1) is 10.2 Å². The number of hydrogen-bond acceptors (Lipinski definition) is 5. The largest absolute Gasteiger partial charge is 0.378 e. The van der Waals surface area contributed by atoms with Crippen LogP contribution in [-0.4, -0.2) is 53.9 Å². The highest BCUT2D eigenvalue weighted by molar-refractivity contribution is 5.97. The van der Waals surface area contributed by atoms with Gasteiger partial charge in [-0.05, 0) is 25.0 Å². The Hall–Kier alpha value is -1.69. The van der Waals surface area contributed by atoms with Crippen molar-refractivity contribution in [2.75, 3.05) is 37.7 Å². The second kappa shape index (κ2) is 5.97. The molecular weight excluding hydrogens is 242 g/mol. The fourth-order valence-corrected chi connectivity index (χ4v) is 2.39. The summed E-state index contributed by atoms with van der Waals surface area (Å²) in [5, 5.41) is 14.8. The smallest absolute Gasteiger partial charge is 0.156 e. The topological polar surface area (TPSA) is 53.9 Å². The number of amidine groups is 1. The summed E-state index contributed by atoms with van der Waals surface area (Å²) in [6.45, 7) is 4.22. The molecule has 0 atom stereocenters. The van der Waals surface area contributed by atoms with E-state index in [4.69, 9.17) is 9.84 Å². The number of hydrazone groups is 1. The molecule has 2 aliphatic heterocycles. The van der Waals surface area contributed by atoms with E-state index in [0.29, 0.717) is 0 Å². The molecule has 0 unspecified atom stereocenters. The van der Waals surface area contributed by atoms with Crippen LogP contribution >= 0.6 is 0 Å². The minimum absolute atomic E-state index is 0.761. The van der Waals surface area contributed by atoms with E-state index in [-0.39, 0.29) is 0 Å². The molecule has 6 nitrogen and oxygen atoms in total. The zero-order valence-electron chi connectivity index (χ0n) is 11.0. The van der Waals surface area contributed by atoms with Crippen LogP contribution in [0.25, 0.3) is 0 Å². The third kappa shape index (κ3) is 3.01. The Morgan fingerprint density at radius 3 is 2.89 bits per heavy atom. The van der Waals surface area contributed by atoms with Gasteiger partial charge in [0.2, 0.25) is 0 Å². The van der Waals surface area contributed by atoms with Crippen molar-refractivity contribution in [3.05, 3.63) is 18.3 Å². The van der Waals surface area contributed by atoms with Crippen molar-refractivity contribution in [1.82, 2.24) is 15.2 Å². The first-order valence-electron chi connectivity index (χ1n) is 6.81. The van der Waals surface area contributed by atoms with Crippen LogP contribution in [0.2, 0.25) is 0 Å². The van der Waals surface area contributed by atoms with Crippen LogP contribution in [0.15, 0.2) is 17.2 Å². The molecule has 0 amide bonds. The quantitative estimate of drug-likeness (QED) is 0.791. The van der Waals surface area contributed by atoms with Gasteiger partial charge in [-0.25, -0.2) is 0 Å². The Balaban J connectivity index is 1.78. The molecule has 2 fully saturated rings. The van der Waals surface area contributed by atoms with Gasteiger partial charge in [-0.2, -0.15) is 5.10 Å². The van der Waals surface area contributed by atoms with Gasteiger partial charge < -0.3 is 9.64 Å². The minimum Gasteiger partial charge on any atom is -0.378 e. The monoisotopic (exact) mass is 260 g/mol. The van der Waals surface area contributed by atoms with Gasteiger partial charge in [0.05, 0.1) is 26.3 Å². The summed E-state index contributed by atoms with van der Waals surface area (Å²) in [4.78, 5) is 2.17. The zero-order chi connectivity index (χ0) is 12.9. The van der Waals surface area contributed by atoms with Crippen molar-refractivity contribution < 1.29 is 4.74 Å². The van der Waals surface area contributed by atoms with E-state index in [1.807, 2.05) is 6.07 Å². The lowest BCUT2D eigenvalue weighted by Gasteiger charge is -2.32. The first kappa shape index (κ1) is 12.3. The average Bonchev–Trinajstić information content (AvgIpc) is 2.50. The first-order chi connectivity index (χ1) is 9.43. The number of hydrogen-bond donors (Lipinski definition) is 0. The van der Waals surface area contributed by atoms with E-state index in [9.17, 15) is 0 Å². The Morgan fingerprint density at radius 2 is 2.11 bits per heavy atom. The predicted molar refractivity (Wildman–Crippen MR) is 71.9 cm³/mol. The van der Waals surface area contributed by atoms with E-state index in [1.165, 1.54) is 12.8 Å². The van der Waals surface area contributed by atoms with E-state index in [0.717, 1.165) is 50.9 Å². The maximum absolute atomic E-state index is 5.35. The van der Waals surface area contributed by atoms with Gasteiger partial charge in [0, 0.05) is 13.0 Å². The zero-order valence-corrected chi connectivity index (χ0v) is 11.0. The summed E-state index contributed by atoms with van der Waals surface area (Å²) in [6.07, 6.45) is 6.07. The van der Waals surface area contributed by atoms with E-state index in [2.05, 4.69) is 26.3 Å². The molecular formula is C13H18N5O. The van der Waals surface area contributed by atoms with E-state index < -0.39 is 0 Å². The standard InChI is InChI=1S/C13H18N5O/c1-2-7-18(12-5-3-6-14-15-12)13(4-1)16-17-8-10-19-11-9-17/h3,5H,1-2,4,7-11H2/b16-13-. The maximum Gasteiger partial charge on any atom is 0.156 e. The molecule has 0 spiro atoms. The highest BCUT2D eigenvalue weighted by Crippen LogP contribution is 2.19. The Labute approximate surface area is 113 Å². The van der Waals surface area contributed by atoms with Crippen LogP contribution in [0.4, 0.5) is 5.82 Å². The minimum atomic E-state index is 0.761. The molecule has 2 saturated heterocycles. The van der Waals surface area contributed by atoms with Crippen molar-refractivity contribution in [2.24, 2.45) is 5.10 Å². The molecule has 2 aliphatic rings. The third-order valence-electron chi connectivity index (χ3n) is 3.38. The SMILES string of the molecule is [c]1ccc(N2CCCC/C2=N/N2CCOCC2)nn1. The van der Waals surface area contributed by atoms with Crippen LogP contribution in [0.1, 0.15) is 19.3 Å². The number of nitrogens with zero attached hydrogens (tertiary/aromatic N) is 5. The lowest BCUT2D eigenvalue weighted by atomic mass is 10.1. The van der Waals surface area contributed by atoms with Gasteiger partial charge >= 0.3 is 0 Å². The fraction of sp³-hybridized carbons (Fsp3) is 0.615. The second-order valence-electron chi connectivity index (χ2n) is 4.71. The number of anilines is 1. The second-order valence-corrected chi connectivity index (χ2v) is 4.71. The molecule has 6 heteroatoms. The first-order valence-corrected chi connectivity index (χ1v) is 6.81. The lowest BCUT2D eigenvalue weighted by Crippen LogP contribution is -2.40. The highest BCUT2D eigenvalue weighted by Gasteiger charge is 2.21. The Kier molecular flexibility index (Phi) is 3.88. The number of morpholine rings is 1. The molecule has 1 aromatic rings. The molecule has 0 aromatic carbocycles. The molecule has 3 heterocycles. The van der Waals surface area contributed by atoms with Crippen LogP contribution in [0.5, 0.6) is 0 Å². The third-order valence-corrected chi connectivity index (χ3v) is 3.38.